The van der Waals surface area contributed by atoms with Crippen LogP contribution in [0, 0.1) is 0 Å². The molecule has 0 bridgehead atoms. The molecule has 0 atom stereocenters. The Kier molecular flexibility index (Phi) is 3.01. The van der Waals surface area contributed by atoms with Crippen LogP contribution >= 0.6 is 0 Å². The Morgan fingerprint density at radius 3 is 1.17 bits per heavy atom. The first-order valence-electron chi connectivity index (χ1n) is 5.46. The van der Waals surface area contributed by atoms with E-state index in [9.17, 15) is 0 Å². The second-order valence-electron chi connectivity index (χ2n) is 4.03. The first kappa shape index (κ1) is 8.52. The maximum absolute atomic E-state index is 2.60. The van der Waals surface area contributed by atoms with Gasteiger partial charge in [0.05, 0.1) is 0 Å². The van der Waals surface area contributed by atoms with Crippen LogP contribution in [0.4, 0.5) is 0 Å². The van der Waals surface area contributed by atoms with Gasteiger partial charge in [0.1, 0.15) is 0 Å². The van der Waals surface area contributed by atoms with Crippen molar-refractivity contribution in [3.8, 4) is 0 Å². The van der Waals surface area contributed by atoms with Crippen molar-refractivity contribution in [3.63, 3.8) is 0 Å². The number of nitrogens with zero attached hydrogens (tertiary/aromatic N) is 2. The average molecular weight is 168 g/mol. The van der Waals surface area contributed by atoms with Crippen molar-refractivity contribution < 1.29 is 0 Å². The predicted molar refractivity (Wildman–Crippen MR) is 50.8 cm³/mol. The average Bonchev–Trinajstić information content (AvgIpc) is 2.48. The molecule has 70 valence electrons. The van der Waals surface area contributed by atoms with Gasteiger partial charge in [-0.15, -0.1) is 0 Å². The van der Waals surface area contributed by atoms with Crippen LogP contribution in [0.3, 0.4) is 0 Å². The van der Waals surface area contributed by atoms with Crippen LogP contribution < -0.4 is 0 Å². The molecule has 0 radical (unpaired) electrons. The lowest BCUT2D eigenvalue weighted by Gasteiger charge is -2.30. The Balaban J connectivity index is 1.83. The highest BCUT2D eigenvalue weighted by Crippen LogP contribution is 2.16. The van der Waals surface area contributed by atoms with E-state index >= 15 is 0 Å². The summed E-state index contributed by atoms with van der Waals surface area (Å²) in [6.07, 6.45) is 8.55. The molecule has 2 saturated heterocycles. The normalized spacial score (nSPS) is 29.0. The topological polar surface area (TPSA) is 6.48 Å². The SMILES string of the molecule is C1CCCN(N2CCCC2)CC1. The van der Waals surface area contributed by atoms with Crippen molar-refractivity contribution in [3.05, 3.63) is 0 Å². The Morgan fingerprint density at radius 2 is 0.750 bits per heavy atom. The highest BCUT2D eigenvalue weighted by atomic mass is 15.6. The van der Waals surface area contributed by atoms with Gasteiger partial charge in [-0.25, -0.2) is 10.0 Å². The summed E-state index contributed by atoms with van der Waals surface area (Å²) >= 11 is 0. The zero-order chi connectivity index (χ0) is 8.23. The van der Waals surface area contributed by atoms with Crippen LogP contribution in [0.25, 0.3) is 0 Å². The number of rotatable bonds is 1. The van der Waals surface area contributed by atoms with E-state index < -0.39 is 0 Å². The minimum atomic E-state index is 1.32. The zero-order valence-electron chi connectivity index (χ0n) is 7.97. The van der Waals surface area contributed by atoms with Crippen LogP contribution in [0.1, 0.15) is 38.5 Å². The van der Waals surface area contributed by atoms with Crippen LogP contribution in [0.5, 0.6) is 0 Å². The molecule has 0 aromatic heterocycles. The minimum absolute atomic E-state index is 1.32. The molecule has 0 aromatic rings. The molecule has 2 nitrogen and oxygen atoms in total. The van der Waals surface area contributed by atoms with E-state index in [1.54, 1.807) is 0 Å². The number of hydrogen-bond donors (Lipinski definition) is 0. The number of hydrogen-bond acceptors (Lipinski definition) is 2. The fourth-order valence-corrected chi connectivity index (χ4v) is 2.32. The molecular weight excluding hydrogens is 148 g/mol. The molecule has 2 aliphatic rings. The molecule has 2 aliphatic heterocycles. The molecule has 0 aromatic carbocycles. The van der Waals surface area contributed by atoms with Gasteiger partial charge in [-0.05, 0) is 25.7 Å². The minimum Gasteiger partial charge on any atom is -0.242 e. The van der Waals surface area contributed by atoms with Gasteiger partial charge in [0.2, 0.25) is 0 Å². The highest BCUT2D eigenvalue weighted by molar-refractivity contribution is 4.67. The van der Waals surface area contributed by atoms with E-state index in [0.29, 0.717) is 0 Å². The first-order chi connectivity index (χ1) is 5.97. The molecule has 2 fully saturated rings. The number of hydrazine groups is 1. The monoisotopic (exact) mass is 168 g/mol. The van der Waals surface area contributed by atoms with Crippen molar-refractivity contribution in [2.75, 3.05) is 26.2 Å². The molecular formula is C10H20N2. The molecule has 2 heteroatoms. The lowest BCUT2D eigenvalue weighted by atomic mass is 10.2. The summed E-state index contributed by atoms with van der Waals surface area (Å²) in [5, 5.41) is 5.17. The largest absolute Gasteiger partial charge is 0.242 e. The van der Waals surface area contributed by atoms with Crippen LogP contribution in [-0.2, 0) is 0 Å². The quantitative estimate of drug-likeness (QED) is 0.590. The molecule has 0 N–H and O–H groups in total. The Labute approximate surface area is 75.5 Å². The van der Waals surface area contributed by atoms with E-state index in [0.717, 1.165) is 0 Å². The fraction of sp³-hybridized carbons (Fsp3) is 1.00. The maximum Gasteiger partial charge on any atom is 0.0133 e. The fourth-order valence-electron chi connectivity index (χ4n) is 2.32. The van der Waals surface area contributed by atoms with Crippen LogP contribution in [0.15, 0.2) is 0 Å². The van der Waals surface area contributed by atoms with E-state index in [1.165, 1.54) is 64.7 Å². The lowest BCUT2D eigenvalue weighted by Crippen LogP contribution is -2.41. The third-order valence-corrected chi connectivity index (χ3v) is 3.06. The summed E-state index contributed by atoms with van der Waals surface area (Å²) in [6.45, 7) is 5.28. The Hall–Kier alpha value is -0.0800. The third-order valence-electron chi connectivity index (χ3n) is 3.06. The van der Waals surface area contributed by atoms with Gasteiger partial charge in [-0.2, -0.15) is 0 Å². The summed E-state index contributed by atoms with van der Waals surface area (Å²) in [5.74, 6) is 0. The molecule has 0 saturated carbocycles. The Bertz CT molecular complexity index is 122. The lowest BCUT2D eigenvalue weighted by molar-refractivity contribution is 0.000326. The summed E-state index contributed by atoms with van der Waals surface area (Å²) in [6, 6.07) is 0. The van der Waals surface area contributed by atoms with Gasteiger partial charge in [0.15, 0.2) is 0 Å². The van der Waals surface area contributed by atoms with E-state index in [1.807, 2.05) is 0 Å². The van der Waals surface area contributed by atoms with Crippen molar-refractivity contribution in [1.29, 1.82) is 0 Å². The van der Waals surface area contributed by atoms with Crippen molar-refractivity contribution in [1.82, 2.24) is 10.0 Å². The van der Waals surface area contributed by atoms with Crippen molar-refractivity contribution >= 4 is 0 Å². The molecule has 12 heavy (non-hydrogen) atoms. The highest BCUT2D eigenvalue weighted by Gasteiger charge is 2.19. The molecule has 2 rings (SSSR count). The first-order valence-corrected chi connectivity index (χ1v) is 5.46. The zero-order valence-corrected chi connectivity index (χ0v) is 7.97. The molecule has 0 unspecified atom stereocenters. The van der Waals surface area contributed by atoms with Gasteiger partial charge < -0.3 is 0 Å². The van der Waals surface area contributed by atoms with E-state index in [-0.39, 0.29) is 0 Å². The van der Waals surface area contributed by atoms with Gasteiger partial charge in [0, 0.05) is 26.2 Å². The van der Waals surface area contributed by atoms with Gasteiger partial charge in [-0.1, -0.05) is 12.8 Å². The molecule has 0 amide bonds. The van der Waals surface area contributed by atoms with Crippen molar-refractivity contribution in [2.45, 2.75) is 38.5 Å². The summed E-state index contributed by atoms with van der Waals surface area (Å²) in [5.41, 5.74) is 0. The van der Waals surface area contributed by atoms with E-state index in [4.69, 9.17) is 0 Å². The summed E-state index contributed by atoms with van der Waals surface area (Å²) < 4.78 is 0. The predicted octanol–water partition coefficient (Wildman–Crippen LogP) is 1.87. The standard InChI is InChI=1S/C10H20N2/c1-2-4-8-11(7-3-1)12-9-5-6-10-12/h1-10H2. The smallest absolute Gasteiger partial charge is 0.0133 e. The summed E-state index contributed by atoms with van der Waals surface area (Å²) in [4.78, 5) is 0. The Morgan fingerprint density at radius 1 is 0.417 bits per heavy atom. The second-order valence-corrected chi connectivity index (χ2v) is 4.03. The van der Waals surface area contributed by atoms with Crippen LogP contribution in [0.2, 0.25) is 0 Å². The van der Waals surface area contributed by atoms with Gasteiger partial charge >= 0.3 is 0 Å². The molecule has 2 heterocycles. The third kappa shape index (κ3) is 1.99. The second kappa shape index (κ2) is 4.24. The van der Waals surface area contributed by atoms with Gasteiger partial charge in [-0.3, -0.25) is 0 Å². The van der Waals surface area contributed by atoms with E-state index in [2.05, 4.69) is 10.0 Å². The summed E-state index contributed by atoms with van der Waals surface area (Å²) in [7, 11) is 0. The molecule has 0 aliphatic carbocycles. The van der Waals surface area contributed by atoms with Gasteiger partial charge in [0.25, 0.3) is 0 Å². The van der Waals surface area contributed by atoms with Crippen LogP contribution in [-0.4, -0.2) is 36.2 Å². The molecule has 0 spiro atoms. The van der Waals surface area contributed by atoms with Crippen molar-refractivity contribution in [2.24, 2.45) is 0 Å². The maximum atomic E-state index is 2.60.